The van der Waals surface area contributed by atoms with Crippen molar-refractivity contribution in [1.29, 1.82) is 0 Å². The van der Waals surface area contributed by atoms with Crippen LogP contribution in [0.15, 0.2) is 79.0 Å². The number of aryl methyl sites for hydroxylation is 1. The fourth-order valence-electron chi connectivity index (χ4n) is 4.56. The summed E-state index contributed by atoms with van der Waals surface area (Å²) < 4.78 is 1.96. The number of aromatic nitrogens is 3. The second kappa shape index (κ2) is 11.3. The molecule has 0 bridgehead atoms. The molecule has 1 fully saturated rings. The van der Waals surface area contributed by atoms with Crippen LogP contribution in [0.3, 0.4) is 0 Å². The summed E-state index contributed by atoms with van der Waals surface area (Å²) in [6.07, 6.45) is 4.26. The molecule has 0 amide bonds. The van der Waals surface area contributed by atoms with E-state index >= 15 is 0 Å². The highest BCUT2D eigenvalue weighted by Crippen LogP contribution is 2.33. The molecule has 1 saturated heterocycles. The third kappa shape index (κ3) is 5.87. The molecular formula is C28H29Cl2N5. The number of unbranched alkanes of at least 4 members (excludes halogenated alkanes) is 1. The molecule has 0 radical (unpaired) electrons. The molecule has 0 spiro atoms. The van der Waals surface area contributed by atoms with Crippen LogP contribution in [0.5, 0.6) is 0 Å². The molecule has 1 aromatic heterocycles. The third-order valence-electron chi connectivity index (χ3n) is 6.58. The van der Waals surface area contributed by atoms with Gasteiger partial charge in [0.15, 0.2) is 0 Å². The van der Waals surface area contributed by atoms with Crippen molar-refractivity contribution in [2.24, 2.45) is 0 Å². The normalized spacial score (nSPS) is 14.4. The Kier molecular flexibility index (Phi) is 7.67. The highest BCUT2D eigenvalue weighted by atomic mass is 35.5. The molecule has 0 aliphatic carbocycles. The molecule has 7 heteroatoms. The number of nitrogens with zero attached hydrogens (tertiary/aromatic N) is 5. The van der Waals surface area contributed by atoms with Crippen LogP contribution < -0.4 is 4.90 Å². The van der Waals surface area contributed by atoms with Crippen LogP contribution in [-0.4, -0.2) is 52.6 Å². The Balaban J connectivity index is 1.06. The summed E-state index contributed by atoms with van der Waals surface area (Å²) >= 11 is 12.6. The molecular weight excluding hydrogens is 477 g/mol. The van der Waals surface area contributed by atoms with Gasteiger partial charge in [-0.3, -0.25) is 9.58 Å². The first-order valence-electron chi connectivity index (χ1n) is 12.1. The molecule has 4 aromatic rings. The molecule has 2 heterocycles. The molecule has 0 saturated carbocycles. The van der Waals surface area contributed by atoms with E-state index in [2.05, 4.69) is 68.6 Å². The number of piperazine rings is 1. The van der Waals surface area contributed by atoms with Crippen LogP contribution in [0.25, 0.3) is 22.4 Å². The van der Waals surface area contributed by atoms with Gasteiger partial charge in [-0.2, -0.15) is 0 Å². The first-order valence-corrected chi connectivity index (χ1v) is 12.9. The molecule has 5 rings (SSSR count). The van der Waals surface area contributed by atoms with Crippen molar-refractivity contribution in [2.45, 2.75) is 19.4 Å². The summed E-state index contributed by atoms with van der Waals surface area (Å²) in [5.41, 5.74) is 5.47. The lowest BCUT2D eigenvalue weighted by atomic mass is 10.0. The van der Waals surface area contributed by atoms with Gasteiger partial charge in [0, 0.05) is 38.3 Å². The van der Waals surface area contributed by atoms with Crippen LogP contribution in [0, 0.1) is 0 Å². The Morgan fingerprint density at radius 2 is 1.37 bits per heavy atom. The van der Waals surface area contributed by atoms with E-state index in [1.54, 1.807) is 0 Å². The monoisotopic (exact) mass is 505 g/mol. The van der Waals surface area contributed by atoms with E-state index in [9.17, 15) is 0 Å². The Morgan fingerprint density at radius 1 is 0.686 bits per heavy atom. The summed E-state index contributed by atoms with van der Waals surface area (Å²) in [5.74, 6) is 0. The molecule has 35 heavy (non-hydrogen) atoms. The van der Waals surface area contributed by atoms with Gasteiger partial charge in [0.1, 0.15) is 5.69 Å². The molecule has 0 atom stereocenters. The van der Waals surface area contributed by atoms with Crippen molar-refractivity contribution in [2.75, 3.05) is 37.6 Å². The fourth-order valence-corrected chi connectivity index (χ4v) is 4.98. The maximum Gasteiger partial charge on any atom is 0.113 e. The summed E-state index contributed by atoms with van der Waals surface area (Å²) in [4.78, 5) is 4.85. The van der Waals surface area contributed by atoms with Crippen molar-refractivity contribution in [3.63, 3.8) is 0 Å². The van der Waals surface area contributed by atoms with Crippen molar-refractivity contribution in [1.82, 2.24) is 19.9 Å². The van der Waals surface area contributed by atoms with Gasteiger partial charge in [-0.05, 0) is 42.6 Å². The summed E-state index contributed by atoms with van der Waals surface area (Å²) in [6, 6.07) is 24.8. The minimum Gasteiger partial charge on any atom is -0.368 e. The Labute approximate surface area is 216 Å². The zero-order chi connectivity index (χ0) is 24.0. The van der Waals surface area contributed by atoms with Crippen LogP contribution in [0.1, 0.15) is 12.8 Å². The lowest BCUT2D eigenvalue weighted by Gasteiger charge is -2.36. The zero-order valence-corrected chi connectivity index (χ0v) is 21.2. The Hall–Kier alpha value is -2.86. The molecule has 180 valence electrons. The third-order valence-corrected chi connectivity index (χ3v) is 7.39. The predicted octanol–water partition coefficient (Wildman–Crippen LogP) is 6.52. The average Bonchev–Trinajstić information content (AvgIpc) is 3.38. The lowest BCUT2D eigenvalue weighted by Crippen LogP contribution is -2.46. The van der Waals surface area contributed by atoms with E-state index in [-0.39, 0.29) is 0 Å². The molecule has 0 unspecified atom stereocenters. The lowest BCUT2D eigenvalue weighted by molar-refractivity contribution is 0.250. The van der Waals surface area contributed by atoms with E-state index in [1.807, 2.05) is 35.1 Å². The molecule has 1 aliphatic rings. The van der Waals surface area contributed by atoms with E-state index < -0.39 is 0 Å². The summed E-state index contributed by atoms with van der Waals surface area (Å²) in [7, 11) is 0. The van der Waals surface area contributed by atoms with Gasteiger partial charge in [0.2, 0.25) is 0 Å². The smallest absolute Gasteiger partial charge is 0.113 e. The maximum absolute atomic E-state index is 6.40. The number of rotatable bonds is 8. The van der Waals surface area contributed by atoms with E-state index in [0.717, 1.165) is 69.1 Å². The summed E-state index contributed by atoms with van der Waals surface area (Å²) in [5, 5.41) is 10.00. The maximum atomic E-state index is 6.40. The van der Waals surface area contributed by atoms with Crippen LogP contribution >= 0.6 is 23.2 Å². The first kappa shape index (κ1) is 23.9. The highest BCUT2D eigenvalue weighted by Gasteiger charge is 2.19. The second-order valence-electron chi connectivity index (χ2n) is 8.92. The number of hydrogen-bond acceptors (Lipinski definition) is 4. The summed E-state index contributed by atoms with van der Waals surface area (Å²) in [6.45, 7) is 5.99. The minimum absolute atomic E-state index is 0.618. The molecule has 5 nitrogen and oxygen atoms in total. The van der Waals surface area contributed by atoms with Crippen molar-refractivity contribution >= 4 is 28.9 Å². The molecule has 3 aromatic carbocycles. The molecule has 0 N–H and O–H groups in total. The standard InChI is InChI=1S/C28H29Cl2N5/c29-25-9-6-10-27(28(25)30)34-19-17-33(18-20-34)15-4-5-16-35-21-26(31-32-35)24-13-11-23(12-14-24)22-7-2-1-3-8-22/h1-3,6-14,21H,4-5,15-20H2. The zero-order valence-electron chi connectivity index (χ0n) is 19.7. The average molecular weight is 506 g/mol. The van der Waals surface area contributed by atoms with Crippen LogP contribution in [0.2, 0.25) is 10.0 Å². The van der Waals surface area contributed by atoms with Crippen LogP contribution in [-0.2, 0) is 6.54 Å². The number of halogens is 2. The number of anilines is 1. The van der Waals surface area contributed by atoms with Crippen molar-refractivity contribution in [3.05, 3.63) is 89.0 Å². The topological polar surface area (TPSA) is 37.2 Å². The minimum atomic E-state index is 0.618. The Morgan fingerprint density at radius 3 is 2.14 bits per heavy atom. The van der Waals surface area contributed by atoms with Gasteiger partial charge in [0.05, 0.1) is 21.9 Å². The predicted molar refractivity (Wildman–Crippen MR) is 145 cm³/mol. The van der Waals surface area contributed by atoms with Crippen LogP contribution in [0.4, 0.5) is 5.69 Å². The highest BCUT2D eigenvalue weighted by molar-refractivity contribution is 6.43. The van der Waals surface area contributed by atoms with Crippen molar-refractivity contribution in [3.8, 4) is 22.4 Å². The van der Waals surface area contributed by atoms with E-state index in [4.69, 9.17) is 23.2 Å². The fraction of sp³-hybridized carbons (Fsp3) is 0.286. The van der Waals surface area contributed by atoms with E-state index in [1.165, 1.54) is 11.1 Å². The van der Waals surface area contributed by atoms with E-state index in [0.29, 0.717) is 10.0 Å². The Bertz CT molecular complexity index is 1230. The van der Waals surface area contributed by atoms with Gasteiger partial charge < -0.3 is 4.90 Å². The van der Waals surface area contributed by atoms with Crippen molar-refractivity contribution < 1.29 is 0 Å². The van der Waals surface area contributed by atoms with Gasteiger partial charge in [-0.1, -0.05) is 89.1 Å². The van der Waals surface area contributed by atoms with Gasteiger partial charge in [-0.25, -0.2) is 0 Å². The van der Waals surface area contributed by atoms with Gasteiger partial charge in [-0.15, -0.1) is 5.10 Å². The number of hydrogen-bond donors (Lipinski definition) is 0. The molecule has 1 aliphatic heterocycles. The SMILES string of the molecule is Clc1cccc(N2CCN(CCCCn3cc(-c4ccc(-c5ccccc5)cc4)nn3)CC2)c1Cl. The number of benzene rings is 3. The second-order valence-corrected chi connectivity index (χ2v) is 9.70. The first-order chi connectivity index (χ1) is 17.2. The largest absolute Gasteiger partial charge is 0.368 e. The van der Waals surface area contributed by atoms with Gasteiger partial charge >= 0.3 is 0 Å². The quantitative estimate of drug-likeness (QED) is 0.255. The van der Waals surface area contributed by atoms with Gasteiger partial charge in [0.25, 0.3) is 0 Å².